The van der Waals surface area contributed by atoms with Gasteiger partial charge in [-0.15, -0.1) is 0 Å². The maximum Gasteiger partial charge on any atom is 0.499 e. The lowest BCUT2D eigenvalue weighted by Crippen LogP contribution is -2.66. The van der Waals surface area contributed by atoms with Gasteiger partial charge >= 0.3 is 11.0 Å². The first kappa shape index (κ1) is 24.2. The van der Waals surface area contributed by atoms with Crippen LogP contribution in [0.1, 0.15) is 0 Å². The lowest BCUT2D eigenvalue weighted by molar-refractivity contribution is -0.0459. The molecular formula is C18H16F6N2O4S2. The SMILES string of the molecule is O=S(=O)(C1CN(c2ccccc2)C(S(=O)(=O)C(F)(F)F)CN1c1ccccc1)C(F)(F)F. The predicted octanol–water partition coefficient (Wildman–Crippen LogP) is 3.53. The summed E-state index contributed by atoms with van der Waals surface area (Å²) in [5.74, 6) is 0. The fraction of sp³-hybridized carbons (Fsp3) is 0.333. The normalized spacial score (nSPS) is 20.9. The van der Waals surface area contributed by atoms with Crippen LogP contribution < -0.4 is 9.80 Å². The highest BCUT2D eigenvalue weighted by Crippen LogP contribution is 2.39. The van der Waals surface area contributed by atoms with Crippen LogP contribution >= 0.6 is 0 Å². The van der Waals surface area contributed by atoms with Crippen molar-refractivity contribution < 1.29 is 43.2 Å². The number of piperazine rings is 1. The molecule has 6 nitrogen and oxygen atoms in total. The number of hydrogen-bond donors (Lipinski definition) is 0. The molecule has 1 aliphatic rings. The van der Waals surface area contributed by atoms with Crippen LogP contribution in [0, 0.1) is 0 Å². The van der Waals surface area contributed by atoms with E-state index in [4.69, 9.17) is 0 Å². The van der Waals surface area contributed by atoms with Crippen molar-refractivity contribution in [3.8, 4) is 0 Å². The minimum absolute atomic E-state index is 0.166. The fourth-order valence-electron chi connectivity index (χ4n) is 3.39. The highest BCUT2D eigenvalue weighted by Gasteiger charge is 2.60. The van der Waals surface area contributed by atoms with E-state index in [0.29, 0.717) is 9.80 Å². The average Bonchev–Trinajstić information content (AvgIpc) is 2.72. The number of sulfone groups is 2. The van der Waals surface area contributed by atoms with Crippen LogP contribution in [-0.2, 0) is 19.7 Å². The molecule has 0 aromatic heterocycles. The molecule has 0 saturated carbocycles. The van der Waals surface area contributed by atoms with Crippen molar-refractivity contribution in [2.75, 3.05) is 22.9 Å². The summed E-state index contributed by atoms with van der Waals surface area (Å²) in [6, 6.07) is 13.0. The first-order chi connectivity index (χ1) is 14.7. The molecule has 2 atom stereocenters. The number of rotatable bonds is 4. The number of para-hydroxylation sites is 2. The van der Waals surface area contributed by atoms with E-state index in [2.05, 4.69) is 0 Å². The van der Waals surface area contributed by atoms with E-state index in [1.807, 2.05) is 0 Å². The van der Waals surface area contributed by atoms with Gasteiger partial charge in [0.05, 0.1) is 13.1 Å². The van der Waals surface area contributed by atoms with Crippen molar-refractivity contribution in [2.45, 2.75) is 21.8 Å². The molecule has 0 N–H and O–H groups in total. The van der Waals surface area contributed by atoms with Gasteiger partial charge in [-0.3, -0.25) is 0 Å². The lowest BCUT2D eigenvalue weighted by atomic mass is 10.2. The standard InChI is InChI=1S/C18H16F6N2O4S2/c19-17(20,21)31(27,28)15-12-26(14-9-5-2-6-10-14)16(32(29,30)18(22,23)24)11-25(15)13-7-3-1-4-8-13/h1-10,15-16H,11-12H2. The smallest absolute Gasteiger partial charge is 0.350 e. The molecule has 0 aliphatic carbocycles. The summed E-state index contributed by atoms with van der Waals surface area (Å²) < 4.78 is 130. The van der Waals surface area contributed by atoms with E-state index in [9.17, 15) is 43.2 Å². The zero-order valence-corrected chi connectivity index (χ0v) is 17.6. The molecule has 32 heavy (non-hydrogen) atoms. The van der Waals surface area contributed by atoms with Crippen LogP contribution in [0.4, 0.5) is 37.7 Å². The summed E-state index contributed by atoms with van der Waals surface area (Å²) in [6.07, 6.45) is 0. The molecule has 0 amide bonds. The third-order valence-electron chi connectivity index (χ3n) is 4.94. The summed E-state index contributed by atoms with van der Waals surface area (Å²) in [5.41, 5.74) is -11.8. The van der Waals surface area contributed by atoms with Crippen LogP contribution in [-0.4, -0.2) is 51.7 Å². The van der Waals surface area contributed by atoms with Crippen LogP contribution in [0.2, 0.25) is 0 Å². The molecule has 1 aliphatic heterocycles. The zero-order chi connectivity index (χ0) is 23.9. The Bertz CT molecular complexity index is 1060. The van der Waals surface area contributed by atoms with E-state index >= 15 is 0 Å². The quantitative estimate of drug-likeness (QED) is 0.596. The maximum atomic E-state index is 13.4. The van der Waals surface area contributed by atoms with Crippen molar-refractivity contribution in [1.82, 2.24) is 0 Å². The van der Waals surface area contributed by atoms with E-state index in [-0.39, 0.29) is 11.4 Å². The third kappa shape index (κ3) is 4.25. The Labute approximate surface area is 179 Å². The number of anilines is 2. The van der Waals surface area contributed by atoms with E-state index in [0.717, 1.165) is 0 Å². The molecule has 2 aromatic rings. The van der Waals surface area contributed by atoms with Crippen molar-refractivity contribution in [2.24, 2.45) is 0 Å². The Morgan fingerprint density at radius 2 is 0.875 bits per heavy atom. The second-order valence-corrected chi connectivity index (χ2v) is 11.1. The van der Waals surface area contributed by atoms with Gasteiger partial charge in [0.1, 0.15) is 0 Å². The number of alkyl halides is 6. The Morgan fingerprint density at radius 1 is 0.594 bits per heavy atom. The van der Waals surface area contributed by atoms with E-state index in [1.165, 1.54) is 60.7 Å². The molecule has 1 saturated heterocycles. The molecule has 1 heterocycles. The van der Waals surface area contributed by atoms with Crippen LogP contribution in [0.25, 0.3) is 0 Å². The summed E-state index contributed by atoms with van der Waals surface area (Å²) in [4.78, 5) is 1.08. The van der Waals surface area contributed by atoms with Crippen molar-refractivity contribution in [3.05, 3.63) is 60.7 Å². The Kier molecular flexibility index (Phi) is 6.15. The molecule has 0 radical (unpaired) electrons. The van der Waals surface area contributed by atoms with Gasteiger partial charge in [0, 0.05) is 11.4 Å². The lowest BCUT2D eigenvalue weighted by Gasteiger charge is -2.47. The molecule has 0 bridgehead atoms. The summed E-state index contributed by atoms with van der Waals surface area (Å²) in [7, 11) is -11.9. The van der Waals surface area contributed by atoms with Gasteiger partial charge in [0.25, 0.3) is 19.7 Å². The van der Waals surface area contributed by atoms with Gasteiger partial charge in [-0.1, -0.05) is 36.4 Å². The first-order valence-electron chi connectivity index (χ1n) is 8.91. The summed E-state index contributed by atoms with van der Waals surface area (Å²) >= 11 is 0. The first-order valence-corrected chi connectivity index (χ1v) is 12.0. The fourth-order valence-corrected chi connectivity index (χ4v) is 5.81. The minimum atomic E-state index is -5.93. The monoisotopic (exact) mass is 502 g/mol. The maximum absolute atomic E-state index is 13.4. The zero-order valence-electron chi connectivity index (χ0n) is 16.0. The van der Waals surface area contributed by atoms with Crippen LogP contribution in [0.15, 0.2) is 60.7 Å². The molecule has 2 aromatic carbocycles. The summed E-state index contributed by atoms with van der Waals surface area (Å²) in [5, 5.41) is -4.77. The van der Waals surface area contributed by atoms with Gasteiger partial charge in [-0.25, -0.2) is 16.8 Å². The van der Waals surface area contributed by atoms with E-state index in [1.54, 1.807) is 0 Å². The second-order valence-electron chi connectivity index (χ2n) is 6.87. The topological polar surface area (TPSA) is 74.8 Å². The largest absolute Gasteiger partial charge is 0.499 e. The molecular weight excluding hydrogens is 486 g/mol. The highest BCUT2D eigenvalue weighted by molar-refractivity contribution is 7.93. The minimum Gasteiger partial charge on any atom is -0.350 e. The third-order valence-corrected chi connectivity index (χ3v) is 8.47. The molecule has 2 unspecified atom stereocenters. The highest BCUT2D eigenvalue weighted by atomic mass is 32.2. The number of benzene rings is 2. The van der Waals surface area contributed by atoms with Crippen molar-refractivity contribution in [3.63, 3.8) is 0 Å². The summed E-state index contributed by atoms with van der Waals surface area (Å²) in [6.45, 7) is -2.33. The Balaban J connectivity index is 2.22. The Morgan fingerprint density at radius 3 is 1.12 bits per heavy atom. The molecule has 1 fully saturated rings. The van der Waals surface area contributed by atoms with Gasteiger partial charge in [0.2, 0.25) is 0 Å². The van der Waals surface area contributed by atoms with Gasteiger partial charge < -0.3 is 9.80 Å². The molecule has 3 rings (SSSR count). The molecule has 14 heteroatoms. The van der Waals surface area contributed by atoms with Crippen molar-refractivity contribution in [1.29, 1.82) is 0 Å². The van der Waals surface area contributed by atoms with Gasteiger partial charge in [-0.2, -0.15) is 26.3 Å². The molecule has 0 spiro atoms. The van der Waals surface area contributed by atoms with Gasteiger partial charge in [-0.05, 0) is 24.3 Å². The second kappa shape index (κ2) is 8.14. The number of hydrogen-bond acceptors (Lipinski definition) is 6. The predicted molar refractivity (Wildman–Crippen MR) is 105 cm³/mol. The van der Waals surface area contributed by atoms with Crippen LogP contribution in [0.3, 0.4) is 0 Å². The van der Waals surface area contributed by atoms with E-state index < -0.39 is 54.5 Å². The number of nitrogens with zero attached hydrogens (tertiary/aromatic N) is 2. The van der Waals surface area contributed by atoms with Gasteiger partial charge in [0.15, 0.2) is 10.7 Å². The molecule has 176 valence electrons. The van der Waals surface area contributed by atoms with Crippen molar-refractivity contribution >= 4 is 31.0 Å². The Hall–Kier alpha value is -2.48. The van der Waals surface area contributed by atoms with Crippen LogP contribution in [0.5, 0.6) is 0 Å². The number of halogens is 6. The average molecular weight is 502 g/mol.